The van der Waals surface area contributed by atoms with E-state index >= 15 is 0 Å². The quantitative estimate of drug-likeness (QED) is 0.576. The van der Waals surface area contributed by atoms with E-state index in [0.29, 0.717) is 5.69 Å². The normalized spacial score (nSPS) is 10.8. The molecule has 0 aliphatic rings. The zero-order valence-electron chi connectivity index (χ0n) is 13.0. The van der Waals surface area contributed by atoms with E-state index in [0.717, 1.165) is 34.3 Å². The highest BCUT2D eigenvalue weighted by Crippen LogP contribution is 2.23. The molecule has 0 atom stereocenters. The van der Waals surface area contributed by atoms with Gasteiger partial charge in [-0.05, 0) is 23.6 Å². The van der Waals surface area contributed by atoms with Gasteiger partial charge in [0.25, 0.3) is 0 Å². The number of pyridine rings is 1. The van der Waals surface area contributed by atoms with Gasteiger partial charge in [-0.3, -0.25) is 4.68 Å². The highest BCUT2D eigenvalue weighted by atomic mass is 32.1. The average molecular weight is 331 g/mol. The van der Waals surface area contributed by atoms with Crippen molar-refractivity contribution in [2.45, 2.75) is 6.42 Å². The molecule has 0 radical (unpaired) electrons. The molecule has 0 saturated carbocycles. The molecule has 0 aliphatic carbocycles. The number of benzene rings is 1. The Kier molecular flexibility index (Phi) is 3.56. The van der Waals surface area contributed by atoms with Gasteiger partial charge in [0.15, 0.2) is 5.65 Å². The molecule has 0 spiro atoms. The Bertz CT molecular complexity index is 1040. The van der Waals surface area contributed by atoms with E-state index in [1.807, 2.05) is 30.2 Å². The number of aryl methyl sites for hydroxylation is 1. The summed E-state index contributed by atoms with van der Waals surface area (Å²) in [6, 6.07) is 12.3. The summed E-state index contributed by atoms with van der Waals surface area (Å²) in [5.41, 5.74) is 7.34. The second-order valence-electron chi connectivity index (χ2n) is 5.53. The van der Waals surface area contributed by atoms with E-state index in [1.165, 1.54) is 5.56 Å². The fraction of sp³-hybridized carbons (Fsp3) is 0.111. The molecule has 24 heavy (non-hydrogen) atoms. The van der Waals surface area contributed by atoms with Crippen LogP contribution in [0.4, 0.5) is 0 Å². The number of hydrogen-bond acceptors (Lipinski definition) is 5. The maximum absolute atomic E-state index is 9.21. The molecular weight excluding hydrogens is 318 g/mol. The van der Waals surface area contributed by atoms with Crippen molar-refractivity contribution in [3.63, 3.8) is 0 Å². The first-order chi connectivity index (χ1) is 11.7. The molecule has 0 N–H and O–H groups in total. The largest absolute Gasteiger partial charge is 0.250 e. The Hall–Kier alpha value is -3.04. The third kappa shape index (κ3) is 2.55. The van der Waals surface area contributed by atoms with Gasteiger partial charge in [0.05, 0.1) is 17.4 Å². The van der Waals surface area contributed by atoms with Crippen molar-refractivity contribution in [2.24, 2.45) is 7.05 Å². The number of nitrogens with zero attached hydrogens (tertiary/aromatic N) is 5. The van der Waals surface area contributed by atoms with E-state index in [9.17, 15) is 5.26 Å². The van der Waals surface area contributed by atoms with Gasteiger partial charge in [-0.15, -0.1) is 11.3 Å². The van der Waals surface area contributed by atoms with Gasteiger partial charge in [-0.25, -0.2) is 9.97 Å². The second kappa shape index (κ2) is 5.87. The van der Waals surface area contributed by atoms with Crippen LogP contribution in [0.1, 0.15) is 16.8 Å². The summed E-state index contributed by atoms with van der Waals surface area (Å²) < 4.78 is 1.70. The highest BCUT2D eigenvalue weighted by molar-refractivity contribution is 7.07. The molecule has 0 saturated heterocycles. The molecule has 4 aromatic rings. The van der Waals surface area contributed by atoms with E-state index in [1.54, 1.807) is 16.0 Å². The van der Waals surface area contributed by atoms with Gasteiger partial charge in [0, 0.05) is 23.4 Å². The Morgan fingerprint density at radius 3 is 2.79 bits per heavy atom. The van der Waals surface area contributed by atoms with Crippen LogP contribution in [-0.2, 0) is 13.5 Å². The molecule has 3 aromatic heterocycles. The molecule has 0 aliphatic heterocycles. The van der Waals surface area contributed by atoms with Gasteiger partial charge in [-0.2, -0.15) is 10.4 Å². The molecule has 6 heteroatoms. The molecule has 3 heterocycles. The number of aromatic nitrogens is 4. The van der Waals surface area contributed by atoms with Gasteiger partial charge < -0.3 is 0 Å². The molecule has 0 fully saturated rings. The Labute approximate surface area is 142 Å². The van der Waals surface area contributed by atoms with Crippen LogP contribution in [0.2, 0.25) is 0 Å². The van der Waals surface area contributed by atoms with E-state index < -0.39 is 0 Å². The van der Waals surface area contributed by atoms with Crippen LogP contribution in [-0.4, -0.2) is 19.7 Å². The van der Waals surface area contributed by atoms with Gasteiger partial charge in [-0.1, -0.05) is 24.3 Å². The lowest BCUT2D eigenvalue weighted by Crippen LogP contribution is -1.97. The smallest absolute Gasteiger partial charge is 0.159 e. The van der Waals surface area contributed by atoms with Crippen LogP contribution in [0.25, 0.3) is 22.3 Å². The first kappa shape index (κ1) is 14.5. The molecule has 0 amide bonds. The lowest BCUT2D eigenvalue weighted by molar-refractivity contribution is 0.785. The molecule has 0 unspecified atom stereocenters. The minimum atomic E-state index is 0.417. The number of nitriles is 1. The standard InChI is InChI=1S/C18H13N5S/c1-23-18-16(9-21-23)14(7-15(8-19)22-18)6-12-2-4-13(5-3-12)17-10-24-11-20-17/h2-5,7,9-11H,6H2,1H3. The van der Waals surface area contributed by atoms with Crippen LogP contribution < -0.4 is 0 Å². The number of hydrogen-bond donors (Lipinski definition) is 0. The maximum atomic E-state index is 9.21. The van der Waals surface area contributed by atoms with Crippen molar-refractivity contribution in [1.29, 1.82) is 5.26 Å². The molecule has 116 valence electrons. The van der Waals surface area contributed by atoms with Crippen molar-refractivity contribution >= 4 is 22.4 Å². The predicted molar refractivity (Wildman–Crippen MR) is 93.6 cm³/mol. The van der Waals surface area contributed by atoms with E-state index in [-0.39, 0.29) is 0 Å². The van der Waals surface area contributed by atoms with Crippen LogP contribution in [0.3, 0.4) is 0 Å². The van der Waals surface area contributed by atoms with Crippen molar-refractivity contribution in [3.8, 4) is 17.3 Å². The lowest BCUT2D eigenvalue weighted by Gasteiger charge is -2.06. The lowest BCUT2D eigenvalue weighted by atomic mass is 10.0. The summed E-state index contributed by atoms with van der Waals surface area (Å²) >= 11 is 1.59. The van der Waals surface area contributed by atoms with Crippen LogP contribution in [0.15, 0.2) is 47.4 Å². The van der Waals surface area contributed by atoms with E-state index in [2.05, 4.69) is 45.4 Å². The number of rotatable bonds is 3. The molecule has 4 rings (SSSR count). The van der Waals surface area contributed by atoms with E-state index in [4.69, 9.17) is 0 Å². The molecule has 0 bridgehead atoms. The van der Waals surface area contributed by atoms with Crippen molar-refractivity contribution in [2.75, 3.05) is 0 Å². The average Bonchev–Trinajstić information content (AvgIpc) is 3.26. The summed E-state index contributed by atoms with van der Waals surface area (Å²) in [5, 5.41) is 16.5. The molecule has 1 aromatic carbocycles. The van der Waals surface area contributed by atoms with Crippen LogP contribution in [0, 0.1) is 11.3 Å². The Morgan fingerprint density at radius 1 is 1.25 bits per heavy atom. The third-order valence-corrected chi connectivity index (χ3v) is 4.57. The van der Waals surface area contributed by atoms with Crippen molar-refractivity contribution in [1.82, 2.24) is 19.7 Å². The number of thiazole rings is 1. The van der Waals surface area contributed by atoms with Gasteiger partial charge >= 0.3 is 0 Å². The topological polar surface area (TPSA) is 67.4 Å². The summed E-state index contributed by atoms with van der Waals surface area (Å²) in [6.45, 7) is 0. The Balaban J connectivity index is 1.70. The zero-order chi connectivity index (χ0) is 16.5. The van der Waals surface area contributed by atoms with Crippen molar-refractivity contribution in [3.05, 3.63) is 64.2 Å². The summed E-state index contributed by atoms with van der Waals surface area (Å²) in [7, 11) is 1.84. The van der Waals surface area contributed by atoms with Gasteiger partial charge in [0.2, 0.25) is 0 Å². The molecule has 5 nitrogen and oxygen atoms in total. The third-order valence-electron chi connectivity index (χ3n) is 3.98. The number of fused-ring (bicyclic) bond motifs is 1. The fourth-order valence-electron chi connectivity index (χ4n) is 2.75. The molecular formula is C18H13N5S. The predicted octanol–water partition coefficient (Wildman–Crippen LogP) is 3.55. The highest BCUT2D eigenvalue weighted by Gasteiger charge is 2.10. The summed E-state index contributed by atoms with van der Waals surface area (Å²) in [6.07, 6.45) is 2.54. The maximum Gasteiger partial charge on any atom is 0.159 e. The minimum Gasteiger partial charge on any atom is -0.250 e. The van der Waals surface area contributed by atoms with Crippen LogP contribution >= 0.6 is 11.3 Å². The second-order valence-corrected chi connectivity index (χ2v) is 6.25. The van der Waals surface area contributed by atoms with Crippen molar-refractivity contribution < 1.29 is 0 Å². The summed E-state index contributed by atoms with van der Waals surface area (Å²) in [5.74, 6) is 0. The minimum absolute atomic E-state index is 0.417. The zero-order valence-corrected chi connectivity index (χ0v) is 13.8. The first-order valence-corrected chi connectivity index (χ1v) is 8.38. The fourth-order valence-corrected chi connectivity index (χ4v) is 3.31. The van der Waals surface area contributed by atoms with Gasteiger partial charge in [0.1, 0.15) is 11.8 Å². The first-order valence-electron chi connectivity index (χ1n) is 7.44. The SMILES string of the molecule is Cn1ncc2c(Cc3ccc(-c4cscn4)cc3)cc(C#N)nc21. The summed E-state index contributed by atoms with van der Waals surface area (Å²) in [4.78, 5) is 8.67. The Morgan fingerprint density at radius 2 is 2.08 bits per heavy atom. The van der Waals surface area contributed by atoms with Crippen LogP contribution in [0.5, 0.6) is 0 Å². The monoisotopic (exact) mass is 331 g/mol.